The Morgan fingerprint density at radius 3 is 2.33 bits per heavy atom. The van der Waals surface area contributed by atoms with E-state index in [1.807, 2.05) is 6.92 Å². The van der Waals surface area contributed by atoms with E-state index in [4.69, 9.17) is 0 Å². The van der Waals surface area contributed by atoms with Gasteiger partial charge in [0.1, 0.15) is 0 Å². The molecule has 0 unspecified atom stereocenters. The fraction of sp³-hybridized carbons (Fsp3) is 0.111. The number of rotatable bonds is 2. The van der Waals surface area contributed by atoms with Gasteiger partial charge >= 0.3 is 0 Å². The highest BCUT2D eigenvalue weighted by Gasteiger charge is 1.94. The highest BCUT2D eigenvalue weighted by Crippen LogP contribution is 2.08. The van der Waals surface area contributed by atoms with Crippen LogP contribution in [-0.4, -0.2) is 19.9 Å². The molecule has 6 nitrogen and oxygen atoms in total. The number of hydrogen-bond donors (Lipinski definition) is 0. The van der Waals surface area contributed by atoms with Gasteiger partial charge in [0.15, 0.2) is 0 Å². The van der Waals surface area contributed by atoms with Crippen molar-refractivity contribution in [3.63, 3.8) is 0 Å². The third kappa shape index (κ3) is 2.60. The smallest absolute Gasteiger partial charge is 0.218 e. The molecule has 2 rings (SSSR count). The molecule has 74 valence electrons. The average molecular weight is 200 g/mol. The molecule has 0 aromatic carbocycles. The minimum atomic E-state index is 0.294. The largest absolute Gasteiger partial charge is 0.269 e. The van der Waals surface area contributed by atoms with Gasteiger partial charge in [-0.25, -0.2) is 19.9 Å². The summed E-state index contributed by atoms with van der Waals surface area (Å²) in [6.07, 6.45) is 4.82. The Morgan fingerprint density at radius 1 is 0.933 bits per heavy atom. The van der Waals surface area contributed by atoms with Crippen molar-refractivity contribution < 1.29 is 0 Å². The quantitative estimate of drug-likeness (QED) is 0.694. The van der Waals surface area contributed by atoms with Gasteiger partial charge in [-0.3, -0.25) is 0 Å². The summed E-state index contributed by atoms with van der Waals surface area (Å²) in [6, 6.07) is 3.50. The Kier molecular flexibility index (Phi) is 2.68. The van der Waals surface area contributed by atoms with Crippen LogP contribution in [0.2, 0.25) is 0 Å². The lowest BCUT2D eigenvalue weighted by molar-refractivity contribution is 0.998. The van der Waals surface area contributed by atoms with Gasteiger partial charge in [-0.1, -0.05) is 0 Å². The summed E-state index contributed by atoms with van der Waals surface area (Å²) in [5.41, 5.74) is 0.841. The van der Waals surface area contributed by atoms with Crippen LogP contribution in [0.1, 0.15) is 5.69 Å². The van der Waals surface area contributed by atoms with Gasteiger partial charge < -0.3 is 0 Å². The van der Waals surface area contributed by atoms with Crippen molar-refractivity contribution >= 4 is 11.9 Å². The SMILES string of the molecule is Cc1ccnc(N=Nc2ncccn2)n1. The Morgan fingerprint density at radius 2 is 1.60 bits per heavy atom. The van der Waals surface area contributed by atoms with E-state index in [0.717, 1.165) is 5.69 Å². The van der Waals surface area contributed by atoms with Crippen LogP contribution in [0.15, 0.2) is 41.0 Å². The van der Waals surface area contributed by atoms with Gasteiger partial charge in [0.05, 0.1) is 0 Å². The molecule has 2 heterocycles. The van der Waals surface area contributed by atoms with Crippen LogP contribution in [0.25, 0.3) is 0 Å². The number of azo groups is 1. The number of aromatic nitrogens is 4. The highest BCUT2D eigenvalue weighted by molar-refractivity contribution is 5.18. The Balaban J connectivity index is 2.19. The summed E-state index contributed by atoms with van der Waals surface area (Å²) < 4.78 is 0. The summed E-state index contributed by atoms with van der Waals surface area (Å²) >= 11 is 0. The van der Waals surface area contributed by atoms with Crippen LogP contribution < -0.4 is 0 Å². The van der Waals surface area contributed by atoms with E-state index in [9.17, 15) is 0 Å². The summed E-state index contributed by atoms with van der Waals surface area (Å²) in [5.74, 6) is 0.602. The molecule has 15 heavy (non-hydrogen) atoms. The van der Waals surface area contributed by atoms with Gasteiger partial charge in [-0.2, -0.15) is 0 Å². The van der Waals surface area contributed by atoms with Crippen molar-refractivity contribution in [1.29, 1.82) is 0 Å². The molecular formula is C9H8N6. The van der Waals surface area contributed by atoms with E-state index in [-0.39, 0.29) is 0 Å². The van der Waals surface area contributed by atoms with E-state index in [1.165, 1.54) is 0 Å². The van der Waals surface area contributed by atoms with Crippen LogP contribution >= 0.6 is 0 Å². The molecule has 0 atom stereocenters. The fourth-order valence-corrected chi connectivity index (χ4v) is 0.916. The summed E-state index contributed by atoms with van der Waals surface area (Å²) in [7, 11) is 0. The zero-order valence-corrected chi connectivity index (χ0v) is 8.07. The molecule has 0 aliphatic carbocycles. The molecule has 0 spiro atoms. The maximum Gasteiger partial charge on any atom is 0.269 e. The lowest BCUT2D eigenvalue weighted by Crippen LogP contribution is -1.83. The molecule has 0 aliphatic heterocycles. The summed E-state index contributed by atoms with van der Waals surface area (Å²) in [6.45, 7) is 1.86. The lowest BCUT2D eigenvalue weighted by Gasteiger charge is -1.91. The molecule has 0 fully saturated rings. The molecule has 2 aromatic rings. The molecule has 6 heteroatoms. The second-order valence-electron chi connectivity index (χ2n) is 2.75. The van der Waals surface area contributed by atoms with Gasteiger partial charge in [0.25, 0.3) is 11.9 Å². The van der Waals surface area contributed by atoms with E-state index in [2.05, 4.69) is 30.2 Å². The Hall–Kier alpha value is -2.24. The topological polar surface area (TPSA) is 76.3 Å². The molecule has 0 saturated carbocycles. The minimum Gasteiger partial charge on any atom is -0.218 e. The van der Waals surface area contributed by atoms with Crippen molar-refractivity contribution in [1.82, 2.24) is 19.9 Å². The number of aryl methyl sites for hydroxylation is 1. The standard InChI is InChI=1S/C9H8N6/c1-7-3-6-12-9(13-7)15-14-8-10-4-2-5-11-8/h2-6H,1H3. The van der Waals surface area contributed by atoms with Crippen LogP contribution in [0.3, 0.4) is 0 Å². The zero-order chi connectivity index (χ0) is 10.5. The number of nitrogens with zero attached hydrogens (tertiary/aromatic N) is 6. The van der Waals surface area contributed by atoms with Crippen molar-refractivity contribution in [2.75, 3.05) is 0 Å². The molecule has 0 saturated heterocycles. The highest BCUT2D eigenvalue weighted by atomic mass is 15.2. The third-order valence-electron chi connectivity index (χ3n) is 1.56. The lowest BCUT2D eigenvalue weighted by atomic mass is 10.5. The zero-order valence-electron chi connectivity index (χ0n) is 8.07. The first-order valence-electron chi connectivity index (χ1n) is 4.33. The normalized spacial score (nSPS) is 10.7. The van der Waals surface area contributed by atoms with Crippen LogP contribution in [0, 0.1) is 6.92 Å². The van der Waals surface area contributed by atoms with Gasteiger partial charge in [-0.15, -0.1) is 10.2 Å². The molecule has 0 radical (unpaired) electrons. The first-order valence-corrected chi connectivity index (χ1v) is 4.33. The molecule has 0 N–H and O–H groups in total. The van der Waals surface area contributed by atoms with E-state index < -0.39 is 0 Å². The molecule has 0 amide bonds. The first kappa shape index (κ1) is 9.32. The fourth-order valence-electron chi connectivity index (χ4n) is 0.916. The third-order valence-corrected chi connectivity index (χ3v) is 1.56. The summed E-state index contributed by atoms with van der Waals surface area (Å²) in [4.78, 5) is 15.8. The maximum absolute atomic E-state index is 4.06. The monoisotopic (exact) mass is 200 g/mol. The molecule has 0 aliphatic rings. The minimum absolute atomic E-state index is 0.294. The van der Waals surface area contributed by atoms with Crippen molar-refractivity contribution in [3.8, 4) is 0 Å². The summed E-state index contributed by atoms with van der Waals surface area (Å²) in [5, 5.41) is 7.61. The predicted octanol–water partition coefficient (Wildman–Crippen LogP) is 1.99. The van der Waals surface area contributed by atoms with Crippen LogP contribution in [0.4, 0.5) is 11.9 Å². The maximum atomic E-state index is 4.06. The van der Waals surface area contributed by atoms with Crippen molar-refractivity contribution in [3.05, 3.63) is 36.4 Å². The van der Waals surface area contributed by atoms with E-state index in [0.29, 0.717) is 11.9 Å². The van der Waals surface area contributed by atoms with Gasteiger partial charge in [-0.05, 0) is 19.1 Å². The van der Waals surface area contributed by atoms with Gasteiger partial charge in [0.2, 0.25) is 0 Å². The predicted molar refractivity (Wildman–Crippen MR) is 53.0 cm³/mol. The molecular weight excluding hydrogens is 192 g/mol. The molecule has 2 aromatic heterocycles. The van der Waals surface area contributed by atoms with Crippen molar-refractivity contribution in [2.45, 2.75) is 6.92 Å². The Bertz CT molecular complexity index is 467. The van der Waals surface area contributed by atoms with Crippen molar-refractivity contribution in [2.24, 2.45) is 10.2 Å². The first-order chi connectivity index (χ1) is 7.34. The Labute approximate surface area is 86.2 Å². The second kappa shape index (κ2) is 4.32. The van der Waals surface area contributed by atoms with Crippen LogP contribution in [-0.2, 0) is 0 Å². The van der Waals surface area contributed by atoms with Crippen LogP contribution in [0.5, 0.6) is 0 Å². The van der Waals surface area contributed by atoms with Gasteiger partial charge in [0, 0.05) is 24.3 Å². The average Bonchev–Trinajstić information content (AvgIpc) is 2.28. The van der Waals surface area contributed by atoms with E-state index in [1.54, 1.807) is 30.7 Å². The molecule has 0 bridgehead atoms. The van der Waals surface area contributed by atoms with E-state index >= 15 is 0 Å². The second-order valence-corrected chi connectivity index (χ2v) is 2.75. The number of hydrogen-bond acceptors (Lipinski definition) is 6.